The van der Waals surface area contributed by atoms with Crippen molar-refractivity contribution in [3.63, 3.8) is 0 Å². The fourth-order valence-electron chi connectivity index (χ4n) is 9.87. The summed E-state index contributed by atoms with van der Waals surface area (Å²) in [7, 11) is -9.99. The van der Waals surface area contributed by atoms with Crippen molar-refractivity contribution in [1.29, 1.82) is 0 Å². The Morgan fingerprint density at radius 1 is 0.284 bits per heavy atom. The Balaban J connectivity index is 5.45. The van der Waals surface area contributed by atoms with Gasteiger partial charge >= 0.3 is 39.5 Å². The Labute approximate surface area is 617 Å². The van der Waals surface area contributed by atoms with E-state index in [1.807, 2.05) is 18.2 Å². The van der Waals surface area contributed by atoms with Gasteiger partial charge in [0, 0.05) is 25.7 Å². The molecule has 19 heteroatoms. The van der Waals surface area contributed by atoms with Gasteiger partial charge in [-0.05, 0) is 154 Å². The first-order valence-electron chi connectivity index (χ1n) is 39.1. The van der Waals surface area contributed by atoms with Crippen LogP contribution in [0.3, 0.4) is 0 Å². The first kappa shape index (κ1) is 96.9. The fraction of sp³-hybridized carbons (Fsp3) is 0.663. The molecule has 0 rings (SSSR count). The molecule has 0 spiro atoms. The number of aliphatic hydroxyl groups is 1. The van der Waals surface area contributed by atoms with Crippen LogP contribution in [0, 0.1) is 0 Å². The number of aliphatic hydroxyl groups excluding tert-OH is 1. The highest BCUT2D eigenvalue weighted by atomic mass is 31.2. The number of ether oxygens (including phenoxy) is 4. The van der Waals surface area contributed by atoms with Crippen LogP contribution in [0.15, 0.2) is 146 Å². The molecule has 0 aromatic heterocycles. The Hall–Kier alpha value is -5.06. The van der Waals surface area contributed by atoms with Crippen LogP contribution >= 0.6 is 15.6 Å². The van der Waals surface area contributed by atoms with E-state index in [9.17, 15) is 43.2 Å². The maximum absolute atomic E-state index is 13.1. The maximum atomic E-state index is 13.1. The fourth-order valence-corrected chi connectivity index (χ4v) is 11.5. The number of hydrogen-bond acceptors (Lipinski definition) is 15. The standard InChI is InChI=1S/C83H138O17P2/c1-5-9-13-17-21-25-29-33-36-37-38-39-42-45-48-52-56-60-64-68-81(86)94-74-79(100-83(88)70-66-62-58-54-50-46-41-35-31-27-23-19-15-11-7-3)76-98-102(91,92)96-72-77(84)71-95-101(89,90)97-75-78(99-82(87)69-65-61-57-53-49-43-32-28-24-20-16-12-8-4)73-93-80(85)67-63-59-55-51-47-44-40-34-30-26-22-18-14-10-6-2/h9-10,13-14,21-23,25-28,32-36,38-41,45,48,56,60,77-79,84H,5-8,11-12,15-20,24,29-31,37,42-44,46-47,49-55,57-59,61-76H2,1-4H3,(H,89,90)(H,91,92)/b13-9-,14-10-,25-21-,26-22-,27-23-,32-28-,36-33-,39-38-,40-34-,41-35-,48-45-,60-56-. The predicted molar refractivity (Wildman–Crippen MR) is 417 cm³/mol. The lowest BCUT2D eigenvalue weighted by Gasteiger charge is -2.21. The van der Waals surface area contributed by atoms with E-state index in [0.29, 0.717) is 32.1 Å². The van der Waals surface area contributed by atoms with Crippen LogP contribution < -0.4 is 0 Å². The van der Waals surface area contributed by atoms with Crippen LogP contribution in [-0.2, 0) is 65.4 Å². The minimum absolute atomic E-state index is 0.0290. The van der Waals surface area contributed by atoms with Crippen molar-refractivity contribution in [2.24, 2.45) is 0 Å². The van der Waals surface area contributed by atoms with E-state index in [2.05, 4.69) is 155 Å². The van der Waals surface area contributed by atoms with Gasteiger partial charge in [0.25, 0.3) is 0 Å². The number of phosphoric ester groups is 2. The van der Waals surface area contributed by atoms with Gasteiger partial charge in [0.15, 0.2) is 12.2 Å². The topological polar surface area (TPSA) is 237 Å². The summed E-state index contributed by atoms with van der Waals surface area (Å²) in [5.41, 5.74) is 0. The van der Waals surface area contributed by atoms with Gasteiger partial charge in [0.05, 0.1) is 26.4 Å². The minimum atomic E-state index is -5.00. The molecule has 17 nitrogen and oxygen atoms in total. The molecule has 5 atom stereocenters. The van der Waals surface area contributed by atoms with Gasteiger partial charge in [-0.15, -0.1) is 0 Å². The van der Waals surface area contributed by atoms with E-state index in [0.717, 1.165) is 167 Å². The van der Waals surface area contributed by atoms with Gasteiger partial charge in [0.2, 0.25) is 0 Å². The zero-order valence-corrected chi connectivity index (χ0v) is 65.3. The molecule has 3 N–H and O–H groups in total. The molecule has 0 radical (unpaired) electrons. The number of hydrogen-bond donors (Lipinski definition) is 3. The predicted octanol–water partition coefficient (Wildman–Crippen LogP) is 22.7. The molecule has 0 aromatic carbocycles. The van der Waals surface area contributed by atoms with Gasteiger partial charge in [-0.2, -0.15) is 0 Å². The summed E-state index contributed by atoms with van der Waals surface area (Å²) < 4.78 is 68.4. The second-order valence-electron chi connectivity index (χ2n) is 25.5. The van der Waals surface area contributed by atoms with E-state index >= 15 is 0 Å². The van der Waals surface area contributed by atoms with Crippen molar-refractivity contribution in [1.82, 2.24) is 0 Å². The molecule has 0 amide bonds. The third-order valence-electron chi connectivity index (χ3n) is 15.8. The Morgan fingerprint density at radius 2 is 0.529 bits per heavy atom. The average molecular weight is 1470 g/mol. The van der Waals surface area contributed by atoms with Crippen LogP contribution in [0.2, 0.25) is 0 Å². The van der Waals surface area contributed by atoms with Gasteiger partial charge < -0.3 is 33.8 Å². The van der Waals surface area contributed by atoms with Crippen molar-refractivity contribution in [2.75, 3.05) is 39.6 Å². The second-order valence-corrected chi connectivity index (χ2v) is 28.4. The quantitative estimate of drug-likeness (QED) is 0.0169. The van der Waals surface area contributed by atoms with Crippen molar-refractivity contribution in [3.8, 4) is 0 Å². The van der Waals surface area contributed by atoms with Crippen LogP contribution in [-0.4, -0.2) is 96.7 Å². The maximum Gasteiger partial charge on any atom is 0.472 e. The first-order chi connectivity index (χ1) is 49.7. The summed E-state index contributed by atoms with van der Waals surface area (Å²) in [6.07, 6.45) is 84.2. The zero-order chi connectivity index (χ0) is 74.6. The first-order valence-corrected chi connectivity index (χ1v) is 42.1. The lowest BCUT2D eigenvalue weighted by molar-refractivity contribution is -0.161. The minimum Gasteiger partial charge on any atom is -0.462 e. The molecule has 0 aliphatic carbocycles. The highest BCUT2D eigenvalue weighted by Gasteiger charge is 2.30. The third-order valence-corrected chi connectivity index (χ3v) is 17.7. The summed E-state index contributed by atoms with van der Waals surface area (Å²) in [4.78, 5) is 72.9. The summed E-state index contributed by atoms with van der Waals surface area (Å²) in [6.45, 7) is 4.47. The number of allylic oxidation sites excluding steroid dienone is 24. The smallest absolute Gasteiger partial charge is 0.462 e. The van der Waals surface area contributed by atoms with Crippen molar-refractivity contribution in [3.05, 3.63) is 146 Å². The number of phosphoric acid groups is 2. The van der Waals surface area contributed by atoms with Crippen LogP contribution in [0.5, 0.6) is 0 Å². The zero-order valence-electron chi connectivity index (χ0n) is 63.5. The van der Waals surface area contributed by atoms with Gasteiger partial charge in [-0.25, -0.2) is 9.13 Å². The number of esters is 4. The Bertz CT molecular complexity index is 2510. The molecule has 102 heavy (non-hydrogen) atoms. The van der Waals surface area contributed by atoms with E-state index in [1.54, 1.807) is 0 Å². The molecular formula is C83H138O17P2. The third kappa shape index (κ3) is 73.3. The number of carbonyl (C=O) groups excluding carboxylic acids is 4. The van der Waals surface area contributed by atoms with Crippen LogP contribution in [0.4, 0.5) is 0 Å². The van der Waals surface area contributed by atoms with Crippen molar-refractivity contribution < 1.29 is 80.2 Å². The summed E-state index contributed by atoms with van der Waals surface area (Å²) >= 11 is 0. The molecule has 0 heterocycles. The van der Waals surface area contributed by atoms with Crippen molar-refractivity contribution >= 4 is 39.5 Å². The lowest BCUT2D eigenvalue weighted by atomic mass is 10.1. The van der Waals surface area contributed by atoms with Crippen LogP contribution in [0.1, 0.15) is 297 Å². The van der Waals surface area contributed by atoms with Crippen molar-refractivity contribution in [2.45, 2.75) is 316 Å². The molecule has 0 aromatic rings. The van der Waals surface area contributed by atoms with E-state index in [1.165, 1.54) is 44.9 Å². The lowest BCUT2D eigenvalue weighted by Crippen LogP contribution is -2.30. The largest absolute Gasteiger partial charge is 0.472 e. The molecule has 0 bridgehead atoms. The molecule has 0 aliphatic heterocycles. The molecule has 0 fully saturated rings. The molecule has 5 unspecified atom stereocenters. The molecule has 0 aliphatic rings. The van der Waals surface area contributed by atoms with Crippen LogP contribution in [0.25, 0.3) is 0 Å². The van der Waals surface area contributed by atoms with E-state index < -0.39 is 97.5 Å². The van der Waals surface area contributed by atoms with E-state index in [4.69, 9.17) is 37.0 Å². The molecule has 582 valence electrons. The molecule has 0 saturated heterocycles. The SMILES string of the molecule is CC/C=C\C/C=C\C/C=C\C/C=C\C/C=C\C/C=C\CCC(=O)OCC(COP(=O)(O)OCC(O)COP(=O)(O)OCC(COC(=O)CCCCCCC/C=C\C/C=C\C/C=C\CC)OC(=O)CCCCCCC/C=C\CCCCCC)OC(=O)CCCCCCC/C=C\C/C=C\CCCCC. The summed E-state index contributed by atoms with van der Waals surface area (Å²) in [5, 5.41) is 10.6. The number of unbranched alkanes of at least 4 members (excludes halogenated alkanes) is 22. The van der Waals surface area contributed by atoms with Gasteiger partial charge in [-0.3, -0.25) is 37.3 Å². The summed E-state index contributed by atoms with van der Waals surface area (Å²) in [5.74, 6) is -2.32. The number of carbonyl (C=O) groups is 4. The number of rotatable bonds is 72. The average Bonchev–Trinajstić information content (AvgIpc) is 0.924. The Morgan fingerprint density at radius 3 is 0.873 bits per heavy atom. The van der Waals surface area contributed by atoms with E-state index in [-0.39, 0.29) is 25.7 Å². The normalized spacial score (nSPS) is 14.7. The monoisotopic (exact) mass is 1470 g/mol. The Kier molecular flexibility index (Phi) is 70.5. The van der Waals surface area contributed by atoms with Gasteiger partial charge in [0.1, 0.15) is 19.3 Å². The molecular weight excluding hydrogens is 1330 g/mol. The molecule has 0 saturated carbocycles. The highest BCUT2D eigenvalue weighted by molar-refractivity contribution is 7.47. The summed E-state index contributed by atoms with van der Waals surface area (Å²) in [6, 6.07) is 0. The highest BCUT2D eigenvalue weighted by Crippen LogP contribution is 2.45. The second kappa shape index (κ2) is 74.2. The van der Waals surface area contributed by atoms with Gasteiger partial charge in [-0.1, -0.05) is 263 Å².